The van der Waals surface area contributed by atoms with Crippen LogP contribution in [-0.2, 0) is 11.3 Å². The highest BCUT2D eigenvalue weighted by molar-refractivity contribution is 7.99. The Morgan fingerprint density at radius 3 is 2.66 bits per heavy atom. The Morgan fingerprint density at radius 2 is 1.86 bits per heavy atom. The SMILES string of the molecule is CN(Cc1ccccc1N1CCCC1)C(=O)c1ccccc1SCC1CCCO1. The molecule has 29 heavy (non-hydrogen) atoms. The Hall–Kier alpha value is -1.98. The van der Waals surface area contributed by atoms with Crippen molar-refractivity contribution in [2.75, 3.05) is 37.4 Å². The molecule has 1 atom stereocenters. The van der Waals surface area contributed by atoms with E-state index in [1.165, 1.54) is 24.1 Å². The molecule has 2 aliphatic heterocycles. The number of carbonyl (C=O) groups is 1. The monoisotopic (exact) mass is 410 g/mol. The molecule has 0 bridgehead atoms. The molecule has 0 aliphatic carbocycles. The summed E-state index contributed by atoms with van der Waals surface area (Å²) in [6.07, 6.45) is 5.08. The number of thioether (sulfide) groups is 1. The normalized spacial score (nSPS) is 18.9. The van der Waals surface area contributed by atoms with Crippen LogP contribution in [0.2, 0.25) is 0 Å². The maximum Gasteiger partial charge on any atom is 0.255 e. The molecule has 2 saturated heterocycles. The summed E-state index contributed by atoms with van der Waals surface area (Å²) in [5.74, 6) is 0.989. The van der Waals surface area contributed by atoms with Crippen molar-refractivity contribution in [2.24, 2.45) is 0 Å². The lowest BCUT2D eigenvalue weighted by Crippen LogP contribution is -2.28. The third-order valence-electron chi connectivity index (χ3n) is 5.76. The van der Waals surface area contributed by atoms with Crippen molar-refractivity contribution < 1.29 is 9.53 Å². The van der Waals surface area contributed by atoms with Gasteiger partial charge in [-0.3, -0.25) is 4.79 Å². The maximum absolute atomic E-state index is 13.3. The maximum atomic E-state index is 13.3. The van der Waals surface area contributed by atoms with E-state index in [0.717, 1.165) is 48.7 Å². The number of hydrogen-bond acceptors (Lipinski definition) is 4. The summed E-state index contributed by atoms with van der Waals surface area (Å²) >= 11 is 1.74. The van der Waals surface area contributed by atoms with Crippen molar-refractivity contribution in [3.63, 3.8) is 0 Å². The van der Waals surface area contributed by atoms with Crippen LogP contribution in [0, 0.1) is 0 Å². The fourth-order valence-electron chi connectivity index (χ4n) is 4.17. The smallest absolute Gasteiger partial charge is 0.255 e. The van der Waals surface area contributed by atoms with Crippen molar-refractivity contribution in [1.82, 2.24) is 4.90 Å². The second-order valence-corrected chi connectivity index (χ2v) is 8.99. The predicted octanol–water partition coefficient (Wildman–Crippen LogP) is 4.83. The van der Waals surface area contributed by atoms with Gasteiger partial charge in [0.1, 0.15) is 0 Å². The molecule has 0 saturated carbocycles. The first-order chi connectivity index (χ1) is 14.2. The second-order valence-electron chi connectivity index (χ2n) is 7.93. The first-order valence-electron chi connectivity index (χ1n) is 10.6. The van der Waals surface area contributed by atoms with Crippen LogP contribution < -0.4 is 4.90 Å². The molecule has 4 nitrogen and oxygen atoms in total. The zero-order chi connectivity index (χ0) is 20.1. The van der Waals surface area contributed by atoms with Crippen molar-refractivity contribution in [3.05, 3.63) is 59.7 Å². The topological polar surface area (TPSA) is 32.8 Å². The minimum Gasteiger partial charge on any atom is -0.377 e. The number of amides is 1. The third kappa shape index (κ3) is 4.96. The third-order valence-corrected chi connectivity index (χ3v) is 6.96. The van der Waals surface area contributed by atoms with Crippen LogP contribution in [0.3, 0.4) is 0 Å². The van der Waals surface area contributed by atoms with Crippen molar-refractivity contribution >= 4 is 23.4 Å². The Morgan fingerprint density at radius 1 is 1.10 bits per heavy atom. The highest BCUT2D eigenvalue weighted by Crippen LogP contribution is 2.29. The van der Waals surface area contributed by atoms with Crippen molar-refractivity contribution in [1.29, 1.82) is 0 Å². The van der Waals surface area contributed by atoms with Gasteiger partial charge in [-0.25, -0.2) is 0 Å². The molecular formula is C24H30N2O2S. The quantitative estimate of drug-likeness (QED) is 0.612. The summed E-state index contributed by atoms with van der Waals surface area (Å²) < 4.78 is 5.74. The zero-order valence-electron chi connectivity index (χ0n) is 17.2. The van der Waals surface area contributed by atoms with E-state index in [1.807, 2.05) is 30.1 Å². The zero-order valence-corrected chi connectivity index (χ0v) is 18.0. The molecule has 2 aliphatic rings. The number of benzene rings is 2. The Labute approximate surface area is 178 Å². The highest BCUT2D eigenvalue weighted by Gasteiger charge is 2.21. The van der Waals surface area contributed by atoms with E-state index < -0.39 is 0 Å². The van der Waals surface area contributed by atoms with E-state index >= 15 is 0 Å². The van der Waals surface area contributed by atoms with Gasteiger partial charge in [0.05, 0.1) is 11.7 Å². The molecule has 1 amide bonds. The van der Waals surface area contributed by atoms with Crippen LogP contribution in [-0.4, -0.2) is 49.4 Å². The average Bonchev–Trinajstić information content (AvgIpc) is 3.46. The molecule has 0 spiro atoms. The van der Waals surface area contributed by atoms with E-state index in [0.29, 0.717) is 12.6 Å². The van der Waals surface area contributed by atoms with Crippen LogP contribution in [0.5, 0.6) is 0 Å². The summed E-state index contributed by atoms with van der Waals surface area (Å²) in [6, 6.07) is 16.5. The van der Waals surface area contributed by atoms with Gasteiger partial charge in [0.25, 0.3) is 5.91 Å². The van der Waals surface area contributed by atoms with E-state index in [2.05, 4.69) is 35.2 Å². The highest BCUT2D eigenvalue weighted by atomic mass is 32.2. The number of anilines is 1. The fourth-order valence-corrected chi connectivity index (χ4v) is 5.29. The van der Waals surface area contributed by atoms with Crippen LogP contribution >= 0.6 is 11.8 Å². The largest absolute Gasteiger partial charge is 0.377 e. The molecule has 0 radical (unpaired) electrons. The van der Waals surface area contributed by atoms with E-state index in [-0.39, 0.29) is 5.91 Å². The van der Waals surface area contributed by atoms with E-state index in [1.54, 1.807) is 11.8 Å². The van der Waals surface area contributed by atoms with Crippen LogP contribution in [0.1, 0.15) is 41.6 Å². The number of carbonyl (C=O) groups excluding carboxylic acids is 1. The number of hydrogen-bond donors (Lipinski definition) is 0. The van der Waals surface area contributed by atoms with Gasteiger partial charge < -0.3 is 14.5 Å². The second kappa shape index (κ2) is 9.68. The molecule has 2 aromatic rings. The summed E-state index contributed by atoms with van der Waals surface area (Å²) in [5, 5.41) is 0. The molecule has 2 fully saturated rings. The van der Waals surface area contributed by atoms with E-state index in [9.17, 15) is 4.79 Å². The van der Waals surface area contributed by atoms with Gasteiger partial charge in [-0.1, -0.05) is 30.3 Å². The van der Waals surface area contributed by atoms with Gasteiger partial charge in [-0.05, 0) is 49.4 Å². The molecular weight excluding hydrogens is 380 g/mol. The van der Waals surface area contributed by atoms with Gasteiger partial charge in [0.15, 0.2) is 0 Å². The van der Waals surface area contributed by atoms with Crippen molar-refractivity contribution in [3.8, 4) is 0 Å². The van der Waals surface area contributed by atoms with Crippen LogP contribution in [0.4, 0.5) is 5.69 Å². The standard InChI is InChI=1S/C24H30N2O2S/c1-25(17-19-9-2-4-12-22(19)26-14-6-7-15-26)24(27)21-11-3-5-13-23(21)29-18-20-10-8-16-28-20/h2-5,9,11-13,20H,6-8,10,14-18H2,1H3. The van der Waals surface area contributed by atoms with Crippen LogP contribution in [0.15, 0.2) is 53.4 Å². The van der Waals surface area contributed by atoms with Gasteiger partial charge in [-0.2, -0.15) is 0 Å². The molecule has 2 heterocycles. The molecule has 1 unspecified atom stereocenters. The lowest BCUT2D eigenvalue weighted by molar-refractivity contribution is 0.0781. The van der Waals surface area contributed by atoms with Crippen LogP contribution in [0.25, 0.3) is 0 Å². The summed E-state index contributed by atoms with van der Waals surface area (Å²) in [6.45, 7) is 3.70. The number of ether oxygens (including phenoxy) is 1. The molecule has 0 N–H and O–H groups in total. The van der Waals surface area contributed by atoms with Gasteiger partial charge >= 0.3 is 0 Å². The fraction of sp³-hybridized carbons (Fsp3) is 0.458. The molecule has 154 valence electrons. The molecule has 2 aromatic carbocycles. The lowest BCUT2D eigenvalue weighted by Gasteiger charge is -2.25. The summed E-state index contributed by atoms with van der Waals surface area (Å²) in [5.41, 5.74) is 3.28. The van der Waals surface area contributed by atoms with E-state index in [4.69, 9.17) is 4.74 Å². The Bertz CT molecular complexity index is 829. The predicted molar refractivity (Wildman–Crippen MR) is 120 cm³/mol. The minimum absolute atomic E-state index is 0.0802. The number of nitrogens with zero attached hydrogens (tertiary/aromatic N) is 2. The Balaban J connectivity index is 1.46. The number of para-hydroxylation sites is 1. The summed E-state index contributed by atoms with van der Waals surface area (Å²) in [7, 11) is 1.91. The molecule has 4 rings (SSSR count). The summed E-state index contributed by atoms with van der Waals surface area (Å²) in [4.78, 5) is 18.6. The first-order valence-corrected chi connectivity index (χ1v) is 11.6. The number of rotatable bonds is 7. The van der Waals surface area contributed by atoms with Crippen molar-refractivity contribution in [2.45, 2.75) is 43.2 Å². The molecule has 0 aromatic heterocycles. The van der Waals surface area contributed by atoms with Gasteiger partial charge in [0, 0.05) is 49.6 Å². The van der Waals surface area contributed by atoms with Gasteiger partial charge in [0.2, 0.25) is 0 Å². The van der Waals surface area contributed by atoms with Gasteiger partial charge in [-0.15, -0.1) is 11.8 Å². The molecule has 5 heteroatoms. The minimum atomic E-state index is 0.0802. The first kappa shape index (κ1) is 20.3. The lowest BCUT2D eigenvalue weighted by atomic mass is 10.1. The average molecular weight is 411 g/mol. The Kier molecular flexibility index (Phi) is 6.78.